The Balaban J connectivity index is 2.11. The van der Waals surface area contributed by atoms with Gasteiger partial charge >= 0.3 is 11.8 Å². The Labute approximate surface area is 121 Å². The van der Waals surface area contributed by atoms with Gasteiger partial charge in [-0.1, -0.05) is 6.07 Å². The molecule has 0 bridgehead atoms. The third-order valence-electron chi connectivity index (χ3n) is 3.29. The molecule has 0 N–H and O–H groups in total. The highest BCUT2D eigenvalue weighted by molar-refractivity contribution is 5.69. The molecule has 0 radical (unpaired) electrons. The van der Waals surface area contributed by atoms with E-state index in [9.17, 15) is 19.3 Å². The number of anilines is 1. The van der Waals surface area contributed by atoms with Crippen molar-refractivity contribution in [2.75, 3.05) is 37.7 Å². The molecule has 1 aromatic carbocycles. The van der Waals surface area contributed by atoms with E-state index in [0.717, 1.165) is 6.07 Å². The molecule has 1 aromatic rings. The molecular formula is C13H16FN3O4. The van der Waals surface area contributed by atoms with Gasteiger partial charge in [0.15, 0.2) is 0 Å². The van der Waals surface area contributed by atoms with Gasteiger partial charge in [0.05, 0.1) is 11.5 Å². The first kappa shape index (κ1) is 15.0. The Bertz CT molecular complexity index is 544. The number of ether oxygens (including phenoxy) is 1. The summed E-state index contributed by atoms with van der Waals surface area (Å²) >= 11 is 0. The number of halogens is 1. The van der Waals surface area contributed by atoms with Crippen LogP contribution >= 0.6 is 0 Å². The minimum atomic E-state index is -0.856. The molecule has 0 spiro atoms. The summed E-state index contributed by atoms with van der Waals surface area (Å²) in [5.74, 6) is -0.856. The number of para-hydroxylation sites is 1. The Morgan fingerprint density at radius 1 is 1.38 bits per heavy atom. The lowest BCUT2D eigenvalue weighted by molar-refractivity contribution is -0.386. The van der Waals surface area contributed by atoms with Crippen molar-refractivity contribution < 1.29 is 18.8 Å². The number of carbonyl (C=O) groups excluding carboxylic acids is 1. The molecule has 0 saturated carbocycles. The highest BCUT2D eigenvalue weighted by Crippen LogP contribution is 2.31. The van der Waals surface area contributed by atoms with Crippen molar-refractivity contribution in [1.82, 2.24) is 4.90 Å². The maximum absolute atomic E-state index is 13.6. The minimum Gasteiger partial charge on any atom is -0.450 e. The molecule has 1 amide bonds. The van der Waals surface area contributed by atoms with Crippen molar-refractivity contribution in [2.24, 2.45) is 0 Å². The first-order chi connectivity index (χ1) is 10.0. The van der Waals surface area contributed by atoms with Crippen LogP contribution in [0.2, 0.25) is 0 Å². The second-order valence-corrected chi connectivity index (χ2v) is 4.54. The largest absolute Gasteiger partial charge is 0.450 e. The molecule has 0 atom stereocenters. The number of piperazine rings is 1. The molecule has 1 aliphatic heterocycles. The molecule has 1 aliphatic rings. The SMILES string of the molecule is CCOC(=O)N1CCN(c2cccc(F)c2[N+](=O)[O-])CC1. The average Bonchev–Trinajstić information content (AvgIpc) is 2.47. The second kappa shape index (κ2) is 6.38. The zero-order chi connectivity index (χ0) is 15.4. The summed E-state index contributed by atoms with van der Waals surface area (Å²) in [7, 11) is 0. The lowest BCUT2D eigenvalue weighted by Crippen LogP contribution is -2.49. The molecule has 1 saturated heterocycles. The molecule has 7 nitrogen and oxygen atoms in total. The second-order valence-electron chi connectivity index (χ2n) is 4.54. The molecule has 0 unspecified atom stereocenters. The monoisotopic (exact) mass is 297 g/mol. The van der Waals surface area contributed by atoms with Crippen LogP contribution in [0.1, 0.15) is 6.92 Å². The maximum atomic E-state index is 13.6. The molecule has 1 fully saturated rings. The number of nitrogens with zero attached hydrogens (tertiary/aromatic N) is 3. The van der Waals surface area contributed by atoms with Crippen molar-refractivity contribution in [3.8, 4) is 0 Å². The third-order valence-corrected chi connectivity index (χ3v) is 3.29. The number of benzene rings is 1. The van der Waals surface area contributed by atoms with E-state index in [4.69, 9.17) is 4.74 Å². The van der Waals surface area contributed by atoms with Crippen molar-refractivity contribution in [3.05, 3.63) is 34.1 Å². The van der Waals surface area contributed by atoms with Crippen LogP contribution < -0.4 is 4.90 Å². The summed E-state index contributed by atoms with van der Waals surface area (Å²) in [6.07, 6.45) is -0.397. The Hall–Kier alpha value is -2.38. The zero-order valence-corrected chi connectivity index (χ0v) is 11.6. The third kappa shape index (κ3) is 3.21. The molecule has 114 valence electrons. The summed E-state index contributed by atoms with van der Waals surface area (Å²) in [6.45, 7) is 3.57. The van der Waals surface area contributed by atoms with Crippen LogP contribution in [0.4, 0.5) is 20.6 Å². The van der Waals surface area contributed by atoms with Gasteiger partial charge in [0.1, 0.15) is 5.69 Å². The van der Waals surface area contributed by atoms with Crippen molar-refractivity contribution in [2.45, 2.75) is 6.92 Å². The number of nitro benzene ring substituents is 1. The Morgan fingerprint density at radius 2 is 2.05 bits per heavy atom. The van der Waals surface area contributed by atoms with Crippen LogP contribution in [0, 0.1) is 15.9 Å². The maximum Gasteiger partial charge on any atom is 0.409 e. The number of hydrogen-bond donors (Lipinski definition) is 0. The van der Waals surface area contributed by atoms with Gasteiger partial charge in [0.2, 0.25) is 5.82 Å². The van der Waals surface area contributed by atoms with E-state index in [2.05, 4.69) is 0 Å². The van der Waals surface area contributed by atoms with Gasteiger partial charge in [-0.05, 0) is 19.1 Å². The summed E-state index contributed by atoms with van der Waals surface area (Å²) in [6, 6.07) is 4.02. The predicted octanol–water partition coefficient (Wildman–Crippen LogP) is 2.01. The van der Waals surface area contributed by atoms with E-state index >= 15 is 0 Å². The number of carbonyl (C=O) groups is 1. The highest BCUT2D eigenvalue weighted by Gasteiger charge is 2.28. The summed E-state index contributed by atoms with van der Waals surface area (Å²) in [4.78, 5) is 25.1. The smallest absolute Gasteiger partial charge is 0.409 e. The first-order valence-corrected chi connectivity index (χ1v) is 6.64. The highest BCUT2D eigenvalue weighted by atomic mass is 19.1. The standard InChI is InChI=1S/C13H16FN3O4/c1-2-21-13(18)16-8-6-15(7-9-16)11-5-3-4-10(14)12(11)17(19)20/h3-5H,2,6-9H2,1H3. The minimum absolute atomic E-state index is 0.239. The van der Waals surface area contributed by atoms with Crippen molar-refractivity contribution in [1.29, 1.82) is 0 Å². The van der Waals surface area contributed by atoms with Crippen LogP contribution in [-0.4, -0.2) is 48.7 Å². The molecular weight excluding hydrogens is 281 g/mol. The van der Waals surface area contributed by atoms with E-state index in [1.165, 1.54) is 17.0 Å². The Morgan fingerprint density at radius 3 is 2.62 bits per heavy atom. The van der Waals surface area contributed by atoms with Gasteiger partial charge in [-0.3, -0.25) is 10.1 Å². The number of hydrogen-bond acceptors (Lipinski definition) is 5. The zero-order valence-electron chi connectivity index (χ0n) is 11.6. The van der Waals surface area contributed by atoms with Crippen molar-refractivity contribution >= 4 is 17.5 Å². The average molecular weight is 297 g/mol. The quantitative estimate of drug-likeness (QED) is 0.630. The molecule has 0 aliphatic carbocycles. The molecule has 1 heterocycles. The lowest BCUT2D eigenvalue weighted by atomic mass is 10.2. The first-order valence-electron chi connectivity index (χ1n) is 6.64. The van der Waals surface area contributed by atoms with Crippen molar-refractivity contribution in [3.63, 3.8) is 0 Å². The number of rotatable bonds is 3. The van der Waals surface area contributed by atoms with Crippen LogP contribution in [-0.2, 0) is 4.74 Å². The topological polar surface area (TPSA) is 75.9 Å². The van der Waals surface area contributed by atoms with Gasteiger partial charge in [-0.2, -0.15) is 4.39 Å². The van der Waals surface area contributed by atoms with E-state index in [0.29, 0.717) is 32.8 Å². The van der Waals surface area contributed by atoms with Crippen LogP contribution in [0.15, 0.2) is 18.2 Å². The van der Waals surface area contributed by atoms with Gasteiger partial charge in [0.25, 0.3) is 0 Å². The van der Waals surface area contributed by atoms with E-state index in [1.54, 1.807) is 11.8 Å². The predicted molar refractivity (Wildman–Crippen MR) is 73.9 cm³/mol. The summed E-state index contributed by atoms with van der Waals surface area (Å²) in [5, 5.41) is 11.0. The number of nitro groups is 1. The van der Waals surface area contributed by atoms with Gasteiger partial charge in [-0.15, -0.1) is 0 Å². The normalized spacial score (nSPS) is 15.0. The number of amides is 1. The van der Waals surface area contributed by atoms with Gasteiger partial charge in [0, 0.05) is 26.2 Å². The molecule has 8 heteroatoms. The summed E-state index contributed by atoms with van der Waals surface area (Å²) < 4.78 is 18.5. The fourth-order valence-electron chi connectivity index (χ4n) is 2.28. The van der Waals surface area contributed by atoms with Gasteiger partial charge in [-0.25, -0.2) is 4.79 Å². The van der Waals surface area contributed by atoms with Crippen LogP contribution in [0.3, 0.4) is 0 Å². The van der Waals surface area contributed by atoms with Crippen LogP contribution in [0.5, 0.6) is 0 Å². The Kier molecular flexibility index (Phi) is 4.56. The fraction of sp³-hybridized carbons (Fsp3) is 0.462. The van der Waals surface area contributed by atoms with Gasteiger partial charge < -0.3 is 14.5 Å². The molecule has 2 rings (SSSR count). The van der Waals surface area contributed by atoms with E-state index in [-0.39, 0.29) is 5.69 Å². The fourth-order valence-corrected chi connectivity index (χ4v) is 2.28. The van der Waals surface area contributed by atoms with E-state index in [1.807, 2.05) is 0 Å². The summed E-state index contributed by atoms with van der Waals surface area (Å²) in [5.41, 5.74) is -0.286. The molecule has 0 aromatic heterocycles. The van der Waals surface area contributed by atoms with Crippen LogP contribution in [0.25, 0.3) is 0 Å². The lowest BCUT2D eigenvalue weighted by Gasteiger charge is -2.35. The van der Waals surface area contributed by atoms with E-state index < -0.39 is 22.5 Å². The molecule has 21 heavy (non-hydrogen) atoms.